The lowest BCUT2D eigenvalue weighted by Crippen LogP contribution is -1.95. The van der Waals surface area contributed by atoms with E-state index in [0.717, 1.165) is 17.7 Å². The second-order valence-electron chi connectivity index (χ2n) is 4.22. The van der Waals surface area contributed by atoms with E-state index < -0.39 is 17.3 Å². The van der Waals surface area contributed by atoms with Gasteiger partial charge in [-0.15, -0.1) is 0 Å². The van der Waals surface area contributed by atoms with Crippen LogP contribution in [0.25, 0.3) is 6.08 Å². The summed E-state index contributed by atoms with van der Waals surface area (Å²) >= 11 is 0. The Balaban J connectivity index is 2.26. The van der Waals surface area contributed by atoms with Crippen molar-refractivity contribution >= 4 is 17.5 Å². The molecule has 0 unspecified atom stereocenters. The van der Waals surface area contributed by atoms with Crippen molar-refractivity contribution in [3.63, 3.8) is 0 Å². The zero-order valence-corrected chi connectivity index (χ0v) is 10.4. The van der Waals surface area contributed by atoms with Crippen LogP contribution in [-0.4, -0.2) is 21.1 Å². The summed E-state index contributed by atoms with van der Waals surface area (Å²) in [7, 11) is 0. The molecule has 2 aromatic rings. The third-order valence-corrected chi connectivity index (χ3v) is 2.69. The number of anilines is 1. The maximum absolute atomic E-state index is 11.9. The van der Waals surface area contributed by atoms with Gasteiger partial charge in [0.05, 0.1) is 0 Å². The largest absolute Gasteiger partial charge is 0.508 e. The molecule has 5 nitrogen and oxygen atoms in total. The van der Waals surface area contributed by atoms with E-state index in [2.05, 4.69) is 0 Å². The monoisotopic (exact) mass is 271 g/mol. The highest BCUT2D eigenvalue weighted by Gasteiger charge is 2.15. The number of hydrogen-bond acceptors (Lipinski definition) is 5. The van der Waals surface area contributed by atoms with Crippen LogP contribution >= 0.6 is 0 Å². The summed E-state index contributed by atoms with van der Waals surface area (Å²) in [5, 5.41) is 28.3. The predicted molar refractivity (Wildman–Crippen MR) is 75.7 cm³/mol. The number of ketones is 1. The van der Waals surface area contributed by atoms with Crippen LogP contribution in [0.2, 0.25) is 0 Å². The zero-order valence-electron chi connectivity index (χ0n) is 10.4. The van der Waals surface area contributed by atoms with Crippen molar-refractivity contribution in [2.45, 2.75) is 0 Å². The zero-order chi connectivity index (χ0) is 14.7. The van der Waals surface area contributed by atoms with Crippen molar-refractivity contribution in [2.75, 3.05) is 5.73 Å². The summed E-state index contributed by atoms with van der Waals surface area (Å²) in [6.45, 7) is 0. The van der Waals surface area contributed by atoms with Crippen LogP contribution in [0.5, 0.6) is 17.2 Å². The van der Waals surface area contributed by atoms with E-state index >= 15 is 0 Å². The number of nitrogens with two attached hydrogens (primary N) is 1. The first kappa shape index (κ1) is 13.5. The van der Waals surface area contributed by atoms with Gasteiger partial charge in [0.15, 0.2) is 5.78 Å². The van der Waals surface area contributed by atoms with Gasteiger partial charge >= 0.3 is 0 Å². The molecule has 0 aliphatic heterocycles. The number of aromatic hydroxyl groups is 3. The van der Waals surface area contributed by atoms with E-state index in [4.69, 9.17) is 5.73 Å². The topological polar surface area (TPSA) is 104 Å². The van der Waals surface area contributed by atoms with E-state index in [0.29, 0.717) is 5.69 Å². The molecule has 2 rings (SSSR count). The van der Waals surface area contributed by atoms with Crippen molar-refractivity contribution in [1.82, 2.24) is 0 Å². The van der Waals surface area contributed by atoms with Gasteiger partial charge in [-0.05, 0) is 23.8 Å². The highest BCUT2D eigenvalue weighted by atomic mass is 16.3. The Morgan fingerprint density at radius 2 is 1.55 bits per heavy atom. The molecule has 0 saturated heterocycles. The van der Waals surface area contributed by atoms with Gasteiger partial charge in [0.25, 0.3) is 0 Å². The van der Waals surface area contributed by atoms with Gasteiger partial charge in [-0.3, -0.25) is 4.79 Å². The Labute approximate surface area is 115 Å². The van der Waals surface area contributed by atoms with E-state index in [1.807, 2.05) is 0 Å². The van der Waals surface area contributed by atoms with Crippen LogP contribution in [-0.2, 0) is 0 Å². The molecule has 0 aromatic heterocycles. The van der Waals surface area contributed by atoms with Gasteiger partial charge in [0.2, 0.25) is 0 Å². The molecule has 20 heavy (non-hydrogen) atoms. The average molecular weight is 271 g/mol. The average Bonchev–Trinajstić information content (AvgIpc) is 2.37. The third-order valence-electron chi connectivity index (χ3n) is 2.69. The molecule has 0 radical (unpaired) electrons. The maximum Gasteiger partial charge on any atom is 0.193 e. The molecular formula is C15H13NO4. The molecule has 0 amide bonds. The van der Waals surface area contributed by atoms with Crippen LogP contribution < -0.4 is 5.73 Å². The van der Waals surface area contributed by atoms with Crippen LogP contribution in [0.4, 0.5) is 5.69 Å². The molecule has 0 heterocycles. The van der Waals surface area contributed by atoms with E-state index in [9.17, 15) is 20.1 Å². The van der Waals surface area contributed by atoms with Crippen LogP contribution in [0.15, 0.2) is 42.5 Å². The summed E-state index contributed by atoms with van der Waals surface area (Å²) in [6.07, 6.45) is 2.75. The van der Waals surface area contributed by atoms with Crippen molar-refractivity contribution in [3.8, 4) is 17.2 Å². The van der Waals surface area contributed by atoms with Gasteiger partial charge in [0, 0.05) is 17.8 Å². The summed E-state index contributed by atoms with van der Waals surface area (Å²) in [5.74, 6) is -1.85. The molecule has 0 aliphatic rings. The minimum atomic E-state index is -0.572. The SMILES string of the molecule is Nc1ccc(/C=C/C(=O)c2c(O)cc(O)cc2O)cc1. The fourth-order valence-corrected chi connectivity index (χ4v) is 1.71. The second-order valence-corrected chi connectivity index (χ2v) is 4.22. The normalized spacial score (nSPS) is 10.8. The smallest absolute Gasteiger partial charge is 0.193 e. The number of phenolic OH excluding ortho intramolecular Hbond substituents is 3. The Morgan fingerprint density at radius 1 is 1.00 bits per heavy atom. The van der Waals surface area contributed by atoms with E-state index in [1.165, 1.54) is 12.2 Å². The van der Waals surface area contributed by atoms with Crippen LogP contribution in [0.3, 0.4) is 0 Å². The fourth-order valence-electron chi connectivity index (χ4n) is 1.71. The van der Waals surface area contributed by atoms with Crippen molar-refractivity contribution in [3.05, 3.63) is 53.6 Å². The van der Waals surface area contributed by atoms with E-state index in [-0.39, 0.29) is 11.3 Å². The number of benzene rings is 2. The lowest BCUT2D eigenvalue weighted by molar-refractivity contribution is 0.104. The first-order valence-electron chi connectivity index (χ1n) is 5.80. The number of carbonyl (C=O) groups is 1. The minimum absolute atomic E-state index is 0.255. The van der Waals surface area contributed by atoms with Gasteiger partial charge in [-0.25, -0.2) is 0 Å². The minimum Gasteiger partial charge on any atom is -0.508 e. The lowest BCUT2D eigenvalue weighted by Gasteiger charge is -2.04. The van der Waals surface area contributed by atoms with Gasteiger partial charge < -0.3 is 21.1 Å². The molecule has 0 atom stereocenters. The molecule has 2 aromatic carbocycles. The van der Waals surface area contributed by atoms with Crippen molar-refractivity contribution < 1.29 is 20.1 Å². The standard InChI is InChI=1S/C15H13NO4/c16-10-4-1-9(2-5-10)3-6-12(18)15-13(19)7-11(17)8-14(15)20/h1-8,17,19-20H,16H2/b6-3+. The Bertz CT molecular complexity index is 652. The lowest BCUT2D eigenvalue weighted by atomic mass is 10.1. The molecule has 0 bridgehead atoms. The molecule has 5 heteroatoms. The molecule has 0 fully saturated rings. The molecule has 0 aliphatic carbocycles. The van der Waals surface area contributed by atoms with Crippen molar-refractivity contribution in [2.24, 2.45) is 0 Å². The fraction of sp³-hybridized carbons (Fsp3) is 0. The summed E-state index contributed by atoms with van der Waals surface area (Å²) < 4.78 is 0. The number of carbonyl (C=O) groups excluding carboxylic acids is 1. The number of nitrogen functional groups attached to an aromatic ring is 1. The van der Waals surface area contributed by atoms with Gasteiger partial charge in [0.1, 0.15) is 22.8 Å². The van der Waals surface area contributed by atoms with Gasteiger partial charge in [-0.2, -0.15) is 0 Å². The number of allylic oxidation sites excluding steroid dienone is 1. The third kappa shape index (κ3) is 2.89. The summed E-state index contributed by atoms with van der Waals surface area (Å²) in [6, 6.07) is 8.83. The number of hydrogen-bond donors (Lipinski definition) is 4. The van der Waals surface area contributed by atoms with Crippen LogP contribution in [0.1, 0.15) is 15.9 Å². The molecule has 0 saturated carbocycles. The highest BCUT2D eigenvalue weighted by Crippen LogP contribution is 2.32. The number of rotatable bonds is 3. The quantitative estimate of drug-likeness (QED) is 0.389. The predicted octanol–water partition coefficient (Wildman–Crippen LogP) is 2.28. The Morgan fingerprint density at radius 3 is 2.10 bits per heavy atom. The summed E-state index contributed by atoms with van der Waals surface area (Å²) in [4.78, 5) is 11.9. The molecular weight excluding hydrogens is 258 g/mol. The highest BCUT2D eigenvalue weighted by molar-refractivity contribution is 6.10. The first-order valence-corrected chi connectivity index (χ1v) is 5.80. The molecule has 0 spiro atoms. The Hall–Kier alpha value is -2.95. The number of phenols is 3. The molecule has 102 valence electrons. The first-order chi connectivity index (χ1) is 9.47. The van der Waals surface area contributed by atoms with Gasteiger partial charge in [-0.1, -0.05) is 18.2 Å². The maximum atomic E-state index is 11.9. The second kappa shape index (κ2) is 5.36. The van der Waals surface area contributed by atoms with E-state index in [1.54, 1.807) is 24.3 Å². The van der Waals surface area contributed by atoms with Crippen LogP contribution in [0, 0.1) is 0 Å². The van der Waals surface area contributed by atoms with Crippen molar-refractivity contribution in [1.29, 1.82) is 0 Å². The molecule has 5 N–H and O–H groups in total. The summed E-state index contributed by atoms with van der Waals surface area (Å²) in [5.41, 5.74) is 6.66. The Kier molecular flexibility index (Phi) is 3.61.